The number of rotatable bonds is 4. The Labute approximate surface area is 128 Å². The lowest BCUT2D eigenvalue weighted by Crippen LogP contribution is -1.97. The number of halogens is 2. The molecule has 6 nitrogen and oxygen atoms in total. The highest BCUT2D eigenvalue weighted by Crippen LogP contribution is 2.29. The standard InChI is InChI=1S/C11H8Cl2N4O2S/c1-6-5-20-11(15-6)16-14-4-7-2-8(12)9(13)3-10(7)17(18)19/h2-5H,1H3,(H,15,16). The number of nitro groups is 1. The lowest BCUT2D eigenvalue weighted by molar-refractivity contribution is -0.385. The second-order valence-corrected chi connectivity index (χ2v) is 5.42. The third-order valence-electron chi connectivity index (χ3n) is 2.25. The zero-order valence-corrected chi connectivity index (χ0v) is 12.5. The molecule has 20 heavy (non-hydrogen) atoms. The van der Waals surface area contributed by atoms with E-state index in [2.05, 4.69) is 15.5 Å². The molecule has 1 aromatic carbocycles. The summed E-state index contributed by atoms with van der Waals surface area (Å²) in [5.41, 5.74) is 3.65. The summed E-state index contributed by atoms with van der Waals surface area (Å²) in [4.78, 5) is 14.5. The van der Waals surface area contributed by atoms with E-state index < -0.39 is 4.92 Å². The Bertz CT molecular complexity index is 687. The van der Waals surface area contributed by atoms with E-state index in [9.17, 15) is 10.1 Å². The molecule has 1 aromatic heterocycles. The summed E-state index contributed by atoms with van der Waals surface area (Å²) in [6, 6.07) is 2.58. The maximum atomic E-state index is 10.9. The summed E-state index contributed by atoms with van der Waals surface area (Å²) < 4.78 is 0. The van der Waals surface area contributed by atoms with Crippen LogP contribution in [0.2, 0.25) is 10.0 Å². The number of anilines is 1. The van der Waals surface area contributed by atoms with Gasteiger partial charge in [0.15, 0.2) is 0 Å². The molecule has 0 spiro atoms. The van der Waals surface area contributed by atoms with Crippen LogP contribution in [0.25, 0.3) is 0 Å². The third kappa shape index (κ3) is 3.44. The Kier molecular flexibility index (Phi) is 4.53. The Balaban J connectivity index is 2.23. The van der Waals surface area contributed by atoms with Crippen molar-refractivity contribution in [2.45, 2.75) is 6.92 Å². The number of aryl methyl sites for hydroxylation is 1. The highest BCUT2D eigenvalue weighted by molar-refractivity contribution is 7.13. The first kappa shape index (κ1) is 14.7. The van der Waals surface area contributed by atoms with Crippen LogP contribution in [0.1, 0.15) is 11.3 Å². The van der Waals surface area contributed by atoms with E-state index in [1.165, 1.54) is 29.7 Å². The quantitative estimate of drug-likeness (QED) is 0.519. The SMILES string of the molecule is Cc1csc(NN=Cc2cc(Cl)c(Cl)cc2[N+](=O)[O-])n1. The van der Waals surface area contributed by atoms with E-state index in [-0.39, 0.29) is 21.3 Å². The van der Waals surface area contributed by atoms with E-state index >= 15 is 0 Å². The van der Waals surface area contributed by atoms with Crippen molar-refractivity contribution in [2.24, 2.45) is 5.10 Å². The van der Waals surface area contributed by atoms with Crippen LogP contribution in [0.15, 0.2) is 22.6 Å². The number of nitrogens with zero attached hydrogens (tertiary/aromatic N) is 3. The molecule has 9 heteroatoms. The smallest absolute Gasteiger partial charge is 0.258 e. The average molecular weight is 331 g/mol. The van der Waals surface area contributed by atoms with Gasteiger partial charge in [-0.15, -0.1) is 11.3 Å². The molecule has 0 aliphatic heterocycles. The van der Waals surface area contributed by atoms with Gasteiger partial charge in [-0.3, -0.25) is 15.5 Å². The molecule has 0 unspecified atom stereocenters. The zero-order chi connectivity index (χ0) is 14.7. The molecule has 0 fully saturated rings. The summed E-state index contributed by atoms with van der Waals surface area (Å²) in [7, 11) is 0. The molecule has 0 saturated heterocycles. The molecule has 1 N–H and O–H groups in total. The minimum atomic E-state index is -0.545. The molecule has 0 atom stereocenters. The number of hydrogen-bond donors (Lipinski definition) is 1. The largest absolute Gasteiger partial charge is 0.279 e. The summed E-state index contributed by atoms with van der Waals surface area (Å²) >= 11 is 13.0. The Morgan fingerprint density at radius 2 is 2.15 bits per heavy atom. The van der Waals surface area contributed by atoms with Gasteiger partial charge in [0.2, 0.25) is 5.13 Å². The van der Waals surface area contributed by atoms with Crippen LogP contribution in [0.3, 0.4) is 0 Å². The predicted octanol–water partition coefficient (Wildman–Crippen LogP) is 4.11. The van der Waals surface area contributed by atoms with Crippen LogP contribution < -0.4 is 5.43 Å². The maximum absolute atomic E-state index is 10.9. The van der Waals surface area contributed by atoms with E-state index in [1.807, 2.05) is 12.3 Å². The minimum Gasteiger partial charge on any atom is -0.258 e. The average Bonchev–Trinajstić information content (AvgIpc) is 2.79. The van der Waals surface area contributed by atoms with Gasteiger partial charge in [-0.1, -0.05) is 23.2 Å². The van der Waals surface area contributed by atoms with Crippen LogP contribution in [0.5, 0.6) is 0 Å². The summed E-state index contributed by atoms with van der Waals surface area (Å²) in [6.07, 6.45) is 1.30. The lowest BCUT2D eigenvalue weighted by Gasteiger charge is -2.00. The number of benzene rings is 1. The van der Waals surface area contributed by atoms with Gasteiger partial charge < -0.3 is 0 Å². The molecule has 2 aromatic rings. The molecule has 0 saturated carbocycles. The molecular formula is C11H8Cl2N4O2S. The van der Waals surface area contributed by atoms with Crippen molar-refractivity contribution in [3.63, 3.8) is 0 Å². The molecule has 0 amide bonds. The van der Waals surface area contributed by atoms with E-state index in [4.69, 9.17) is 23.2 Å². The van der Waals surface area contributed by atoms with Gasteiger partial charge in [-0.25, -0.2) is 4.98 Å². The van der Waals surface area contributed by atoms with E-state index in [0.29, 0.717) is 5.13 Å². The topological polar surface area (TPSA) is 80.4 Å². The maximum Gasteiger partial charge on any atom is 0.279 e. The Morgan fingerprint density at radius 1 is 1.45 bits per heavy atom. The van der Waals surface area contributed by atoms with Crippen LogP contribution in [-0.2, 0) is 0 Å². The van der Waals surface area contributed by atoms with Gasteiger partial charge in [-0.2, -0.15) is 5.10 Å². The fraction of sp³-hybridized carbons (Fsp3) is 0.0909. The lowest BCUT2D eigenvalue weighted by atomic mass is 10.2. The van der Waals surface area contributed by atoms with Crippen LogP contribution in [-0.4, -0.2) is 16.1 Å². The fourth-order valence-corrected chi connectivity index (χ4v) is 2.34. The van der Waals surface area contributed by atoms with Crippen LogP contribution in [0, 0.1) is 17.0 Å². The second-order valence-electron chi connectivity index (χ2n) is 3.75. The molecular weight excluding hydrogens is 323 g/mol. The van der Waals surface area contributed by atoms with E-state index in [1.54, 1.807) is 0 Å². The van der Waals surface area contributed by atoms with Crippen molar-refractivity contribution in [1.82, 2.24) is 4.98 Å². The van der Waals surface area contributed by atoms with Crippen molar-refractivity contribution in [3.05, 3.63) is 48.9 Å². The van der Waals surface area contributed by atoms with Crippen LogP contribution in [0.4, 0.5) is 10.8 Å². The molecule has 0 radical (unpaired) electrons. The highest BCUT2D eigenvalue weighted by Gasteiger charge is 2.15. The number of hydrazone groups is 1. The number of hydrogen-bond acceptors (Lipinski definition) is 6. The first-order chi connectivity index (χ1) is 9.47. The number of aromatic nitrogens is 1. The fourth-order valence-electron chi connectivity index (χ4n) is 1.38. The minimum absolute atomic E-state index is 0.124. The Hall–Kier alpha value is -1.70. The van der Waals surface area contributed by atoms with Crippen molar-refractivity contribution in [1.29, 1.82) is 0 Å². The second kappa shape index (κ2) is 6.17. The van der Waals surface area contributed by atoms with Gasteiger partial charge in [-0.05, 0) is 13.0 Å². The van der Waals surface area contributed by atoms with Crippen LogP contribution >= 0.6 is 34.5 Å². The monoisotopic (exact) mass is 330 g/mol. The van der Waals surface area contributed by atoms with Gasteiger partial charge in [0, 0.05) is 11.4 Å². The molecule has 104 valence electrons. The predicted molar refractivity (Wildman–Crippen MR) is 81.2 cm³/mol. The molecule has 0 aliphatic rings. The summed E-state index contributed by atoms with van der Waals surface area (Å²) in [5, 5.41) is 17.6. The Morgan fingerprint density at radius 3 is 2.75 bits per heavy atom. The molecule has 1 heterocycles. The molecule has 0 bridgehead atoms. The number of nitrogens with one attached hydrogen (secondary N) is 1. The van der Waals surface area contributed by atoms with Crippen molar-refractivity contribution in [3.8, 4) is 0 Å². The van der Waals surface area contributed by atoms with Crippen molar-refractivity contribution < 1.29 is 4.92 Å². The van der Waals surface area contributed by atoms with Gasteiger partial charge in [0.05, 0.1) is 32.4 Å². The van der Waals surface area contributed by atoms with E-state index in [0.717, 1.165) is 5.69 Å². The highest BCUT2D eigenvalue weighted by atomic mass is 35.5. The molecule has 0 aliphatic carbocycles. The normalized spacial score (nSPS) is 10.9. The first-order valence-electron chi connectivity index (χ1n) is 5.32. The number of nitro benzene ring substituents is 1. The van der Waals surface area contributed by atoms with Gasteiger partial charge >= 0.3 is 0 Å². The van der Waals surface area contributed by atoms with Crippen molar-refractivity contribution in [2.75, 3.05) is 5.43 Å². The summed E-state index contributed by atoms with van der Waals surface area (Å²) in [5.74, 6) is 0. The first-order valence-corrected chi connectivity index (χ1v) is 6.95. The van der Waals surface area contributed by atoms with Crippen molar-refractivity contribution >= 4 is 51.6 Å². The molecule has 2 rings (SSSR count). The number of thiazole rings is 1. The zero-order valence-electron chi connectivity index (χ0n) is 10.1. The third-order valence-corrected chi connectivity index (χ3v) is 3.84. The van der Waals surface area contributed by atoms with Gasteiger partial charge in [0.1, 0.15) is 0 Å². The summed E-state index contributed by atoms with van der Waals surface area (Å²) in [6.45, 7) is 1.86. The van der Waals surface area contributed by atoms with Gasteiger partial charge in [0.25, 0.3) is 5.69 Å².